The van der Waals surface area contributed by atoms with Crippen LogP contribution in [0.15, 0.2) is 36.5 Å². The minimum absolute atomic E-state index is 0.184. The lowest BCUT2D eigenvalue weighted by molar-refractivity contribution is -0.0176. The fraction of sp³-hybridized carbons (Fsp3) is 0.381. The van der Waals surface area contributed by atoms with Gasteiger partial charge in [0.15, 0.2) is 0 Å². The van der Waals surface area contributed by atoms with Crippen LogP contribution in [-0.4, -0.2) is 47.3 Å². The summed E-state index contributed by atoms with van der Waals surface area (Å²) in [6.45, 7) is 2.73. The van der Waals surface area contributed by atoms with Crippen LogP contribution in [0.25, 0.3) is 0 Å². The van der Waals surface area contributed by atoms with Crippen LogP contribution in [0.3, 0.4) is 0 Å². The molecular formula is C21H23ClN2O4. The molecule has 1 aliphatic rings. The number of halogens is 1. The zero-order valence-corrected chi connectivity index (χ0v) is 16.6. The van der Waals surface area contributed by atoms with Gasteiger partial charge in [0, 0.05) is 31.2 Å². The zero-order valence-electron chi connectivity index (χ0n) is 15.9. The van der Waals surface area contributed by atoms with Crippen molar-refractivity contribution in [1.29, 1.82) is 0 Å². The molecule has 2 aromatic heterocycles. The van der Waals surface area contributed by atoms with Crippen molar-refractivity contribution in [3.05, 3.63) is 64.1 Å². The lowest BCUT2D eigenvalue weighted by Crippen LogP contribution is -2.30. The Bertz CT molecular complexity index is 867. The Kier molecular flexibility index (Phi) is 6.78. The number of carbonyl (C=O) groups excluding carboxylic acids is 1. The number of hydrogen-bond acceptors (Lipinski definition) is 6. The molecule has 1 fully saturated rings. The van der Waals surface area contributed by atoms with Gasteiger partial charge >= 0.3 is 0 Å². The number of aliphatic hydroxyl groups excluding tert-OH is 1. The van der Waals surface area contributed by atoms with Crippen LogP contribution in [-0.2, 0) is 11.2 Å². The Morgan fingerprint density at radius 1 is 1.46 bits per heavy atom. The van der Waals surface area contributed by atoms with E-state index in [4.69, 9.17) is 21.1 Å². The maximum Gasteiger partial charge on any atom is 0.212 e. The number of aromatic nitrogens is 2. The Morgan fingerprint density at radius 2 is 2.29 bits per heavy atom. The van der Waals surface area contributed by atoms with Gasteiger partial charge in [0.05, 0.1) is 30.5 Å². The van der Waals surface area contributed by atoms with Crippen molar-refractivity contribution in [3.63, 3.8) is 0 Å². The molecule has 0 aromatic carbocycles. The molecule has 1 aliphatic heterocycles. The predicted octanol–water partition coefficient (Wildman–Crippen LogP) is 3.17. The molecular weight excluding hydrogens is 380 g/mol. The van der Waals surface area contributed by atoms with E-state index in [1.807, 2.05) is 6.07 Å². The molecule has 1 unspecified atom stereocenters. The fourth-order valence-electron chi connectivity index (χ4n) is 3.06. The summed E-state index contributed by atoms with van der Waals surface area (Å²) in [6, 6.07) is 5.40. The number of carbonyl (C=O) groups is 1. The van der Waals surface area contributed by atoms with Crippen LogP contribution in [0, 0.1) is 12.8 Å². The topological polar surface area (TPSA) is 81.5 Å². The van der Waals surface area contributed by atoms with E-state index in [9.17, 15) is 9.90 Å². The van der Waals surface area contributed by atoms with Gasteiger partial charge in [-0.15, -0.1) is 0 Å². The average Bonchev–Trinajstić information content (AvgIpc) is 2.71. The van der Waals surface area contributed by atoms with Crippen LogP contribution in [0.5, 0.6) is 5.88 Å². The lowest BCUT2D eigenvalue weighted by atomic mass is 9.97. The van der Waals surface area contributed by atoms with Crippen molar-refractivity contribution in [2.24, 2.45) is 5.92 Å². The van der Waals surface area contributed by atoms with E-state index in [2.05, 4.69) is 9.97 Å². The van der Waals surface area contributed by atoms with Crippen molar-refractivity contribution in [3.8, 4) is 5.88 Å². The highest BCUT2D eigenvalue weighted by Crippen LogP contribution is 2.24. The highest BCUT2D eigenvalue weighted by atomic mass is 35.5. The minimum atomic E-state index is -0.490. The van der Waals surface area contributed by atoms with E-state index in [-0.39, 0.29) is 11.7 Å². The van der Waals surface area contributed by atoms with Gasteiger partial charge in [-0.1, -0.05) is 23.7 Å². The molecule has 6 nitrogen and oxygen atoms in total. The molecule has 28 heavy (non-hydrogen) atoms. The summed E-state index contributed by atoms with van der Waals surface area (Å²) in [5.74, 6) is 0.123. The summed E-state index contributed by atoms with van der Waals surface area (Å²) in [5, 5.41) is 10.5. The van der Waals surface area contributed by atoms with Gasteiger partial charge < -0.3 is 14.6 Å². The van der Waals surface area contributed by atoms with Crippen LogP contribution in [0.1, 0.15) is 33.7 Å². The third-order valence-electron chi connectivity index (χ3n) is 4.71. The molecule has 0 amide bonds. The van der Waals surface area contributed by atoms with Crippen molar-refractivity contribution in [1.82, 2.24) is 9.97 Å². The number of ether oxygens (including phenoxy) is 2. The SMILES string of the molecule is COc1ccc(Cc2cc(C(=O)/C=C/C3COCC[C@@H]3O)nc(C)c2Cl)cn1. The van der Waals surface area contributed by atoms with Crippen LogP contribution >= 0.6 is 11.6 Å². The Balaban J connectivity index is 1.78. The molecule has 148 valence electrons. The summed E-state index contributed by atoms with van der Waals surface area (Å²) < 4.78 is 10.4. The highest BCUT2D eigenvalue weighted by molar-refractivity contribution is 6.32. The molecule has 1 saturated heterocycles. The lowest BCUT2D eigenvalue weighted by Gasteiger charge is -2.24. The third kappa shape index (κ3) is 4.95. The highest BCUT2D eigenvalue weighted by Gasteiger charge is 2.21. The van der Waals surface area contributed by atoms with E-state index < -0.39 is 6.10 Å². The summed E-state index contributed by atoms with van der Waals surface area (Å²) in [7, 11) is 1.56. The van der Waals surface area contributed by atoms with Crippen molar-refractivity contribution in [2.45, 2.75) is 25.9 Å². The van der Waals surface area contributed by atoms with E-state index in [0.29, 0.717) is 48.3 Å². The Hall–Kier alpha value is -2.28. The standard InChI is InChI=1S/C21H23ClN2O4/c1-13-21(22)16(9-14-3-6-20(27-2)23-11-14)10-17(24-13)19(26)5-4-15-12-28-8-7-18(15)25/h3-6,10-11,15,18,25H,7-9,12H2,1-2H3/b5-4+/t15?,18-/m0/s1. The molecule has 0 aliphatic carbocycles. The van der Waals surface area contributed by atoms with Crippen molar-refractivity contribution < 1.29 is 19.4 Å². The first-order chi connectivity index (χ1) is 13.5. The molecule has 1 N–H and O–H groups in total. The number of allylic oxidation sites excluding steroid dienone is 1. The molecule has 0 spiro atoms. The van der Waals surface area contributed by atoms with Gasteiger partial charge in [0.2, 0.25) is 11.7 Å². The maximum absolute atomic E-state index is 12.6. The number of ketones is 1. The molecule has 0 radical (unpaired) electrons. The Labute approximate surface area is 169 Å². The molecule has 0 saturated carbocycles. The van der Waals surface area contributed by atoms with Crippen LogP contribution in [0.4, 0.5) is 0 Å². The van der Waals surface area contributed by atoms with Crippen LogP contribution < -0.4 is 4.74 Å². The van der Waals surface area contributed by atoms with E-state index in [1.165, 1.54) is 6.08 Å². The molecule has 7 heteroatoms. The van der Waals surface area contributed by atoms with Gasteiger partial charge in [-0.05, 0) is 36.6 Å². The third-order valence-corrected chi connectivity index (χ3v) is 5.23. The molecule has 3 heterocycles. The monoisotopic (exact) mass is 402 g/mol. The average molecular weight is 403 g/mol. The second-order valence-electron chi connectivity index (χ2n) is 6.77. The number of pyridine rings is 2. The summed E-state index contributed by atoms with van der Waals surface area (Å²) in [4.78, 5) is 21.1. The minimum Gasteiger partial charge on any atom is -0.481 e. The number of nitrogens with zero attached hydrogens (tertiary/aromatic N) is 2. The number of aliphatic hydroxyl groups is 1. The van der Waals surface area contributed by atoms with Gasteiger partial charge in [-0.25, -0.2) is 9.97 Å². The predicted molar refractivity (Wildman–Crippen MR) is 106 cm³/mol. The quantitative estimate of drug-likeness (QED) is 0.590. The van der Waals surface area contributed by atoms with E-state index in [0.717, 1.165) is 11.1 Å². The number of aryl methyl sites for hydroxylation is 1. The van der Waals surface area contributed by atoms with Gasteiger partial charge in [-0.3, -0.25) is 4.79 Å². The number of methoxy groups -OCH3 is 1. The number of hydrogen-bond donors (Lipinski definition) is 1. The van der Waals surface area contributed by atoms with Gasteiger partial charge in [0.1, 0.15) is 5.69 Å². The molecule has 2 aromatic rings. The van der Waals surface area contributed by atoms with Gasteiger partial charge in [-0.2, -0.15) is 0 Å². The first-order valence-corrected chi connectivity index (χ1v) is 9.49. The molecule has 0 bridgehead atoms. The summed E-state index contributed by atoms with van der Waals surface area (Å²) in [6.07, 6.45) is 5.48. The molecule has 3 rings (SSSR count). The number of rotatable bonds is 6. The van der Waals surface area contributed by atoms with Crippen molar-refractivity contribution in [2.75, 3.05) is 20.3 Å². The van der Waals surface area contributed by atoms with Crippen LogP contribution in [0.2, 0.25) is 5.02 Å². The summed E-state index contributed by atoms with van der Waals surface area (Å²) in [5.41, 5.74) is 2.67. The van der Waals surface area contributed by atoms with E-state index in [1.54, 1.807) is 38.4 Å². The Morgan fingerprint density at radius 3 is 2.96 bits per heavy atom. The normalized spacial score (nSPS) is 19.7. The van der Waals surface area contributed by atoms with Crippen molar-refractivity contribution >= 4 is 17.4 Å². The second-order valence-corrected chi connectivity index (χ2v) is 7.15. The summed E-state index contributed by atoms with van der Waals surface area (Å²) >= 11 is 6.41. The zero-order chi connectivity index (χ0) is 20.1. The largest absolute Gasteiger partial charge is 0.481 e. The fourth-order valence-corrected chi connectivity index (χ4v) is 3.23. The van der Waals surface area contributed by atoms with E-state index >= 15 is 0 Å². The smallest absolute Gasteiger partial charge is 0.212 e. The molecule has 2 atom stereocenters. The second kappa shape index (κ2) is 9.28. The maximum atomic E-state index is 12.6. The first-order valence-electron chi connectivity index (χ1n) is 9.11. The van der Waals surface area contributed by atoms with Gasteiger partial charge in [0.25, 0.3) is 0 Å². The first kappa shape index (κ1) is 20.5.